The smallest absolute Gasteiger partial charge is 0.159 e. The Morgan fingerprint density at radius 2 is 1.11 bits per heavy atom. The van der Waals surface area contributed by atoms with Crippen LogP contribution in [0.25, 0.3) is 0 Å². The van der Waals surface area contributed by atoms with E-state index in [2.05, 4.69) is 20.8 Å². The van der Waals surface area contributed by atoms with E-state index in [1.54, 1.807) is 0 Å². The van der Waals surface area contributed by atoms with E-state index >= 15 is 8.78 Å². The molecule has 1 nitrogen and oxygen atoms in total. The van der Waals surface area contributed by atoms with Crippen LogP contribution in [0.4, 0.5) is 8.78 Å². The molecule has 4 aliphatic rings. The number of rotatable bonds is 13. The highest BCUT2D eigenvalue weighted by Crippen LogP contribution is 2.62. The molecule has 0 amide bonds. The number of epoxide rings is 1. The maximum Gasteiger partial charge on any atom is 0.159 e. The fourth-order valence-electron chi connectivity index (χ4n) is 9.55. The van der Waals surface area contributed by atoms with Crippen LogP contribution < -0.4 is 0 Å². The molecule has 0 N–H and O–H groups in total. The molecule has 0 radical (unpaired) electrons. The Hall–Kier alpha value is -0.180. The molecule has 0 aromatic carbocycles. The van der Waals surface area contributed by atoms with E-state index in [4.69, 9.17) is 4.74 Å². The number of hydrogen-bond donors (Lipinski definition) is 0. The quantitative estimate of drug-likeness (QED) is 0.173. The molecule has 0 aromatic heterocycles. The third kappa shape index (κ3) is 6.43. The fraction of sp³-hybridized carbons (Fsp3) is 1.00. The lowest BCUT2D eigenvalue weighted by molar-refractivity contribution is -0.0118. The molecule has 3 aliphatic carbocycles. The lowest BCUT2D eigenvalue weighted by Gasteiger charge is -2.45. The van der Waals surface area contributed by atoms with Gasteiger partial charge >= 0.3 is 0 Å². The second-order valence-corrected chi connectivity index (χ2v) is 14.3. The van der Waals surface area contributed by atoms with Crippen LogP contribution >= 0.6 is 0 Å². The molecular weight excluding hydrogens is 462 g/mol. The first kappa shape index (κ1) is 29.8. The monoisotopic (exact) mass is 522 g/mol. The van der Waals surface area contributed by atoms with Gasteiger partial charge in [-0.05, 0) is 119 Å². The molecule has 3 saturated carbocycles. The van der Waals surface area contributed by atoms with Crippen LogP contribution in [0, 0.1) is 29.1 Å². The third-order valence-corrected chi connectivity index (χ3v) is 12.0. The minimum atomic E-state index is -1.13. The number of unbranched alkanes of at least 4 members (excludes halogenated alkanes) is 5. The van der Waals surface area contributed by atoms with E-state index in [0.717, 1.165) is 31.1 Å². The number of alkyl halides is 2. The number of hydrogen-bond acceptors (Lipinski definition) is 1. The van der Waals surface area contributed by atoms with Crippen molar-refractivity contribution in [3.8, 4) is 0 Å². The van der Waals surface area contributed by atoms with E-state index in [1.807, 2.05) is 6.92 Å². The predicted octanol–water partition coefficient (Wildman–Crippen LogP) is 10.9. The summed E-state index contributed by atoms with van der Waals surface area (Å²) < 4.78 is 37.2. The molecule has 37 heavy (non-hydrogen) atoms. The molecule has 1 saturated heterocycles. The van der Waals surface area contributed by atoms with E-state index in [9.17, 15) is 0 Å². The van der Waals surface area contributed by atoms with Crippen molar-refractivity contribution >= 4 is 0 Å². The fourth-order valence-corrected chi connectivity index (χ4v) is 9.55. The van der Waals surface area contributed by atoms with Crippen molar-refractivity contribution < 1.29 is 13.5 Å². The first-order valence-corrected chi connectivity index (χ1v) is 16.8. The van der Waals surface area contributed by atoms with Gasteiger partial charge in [-0.3, -0.25) is 0 Å². The van der Waals surface area contributed by atoms with Crippen LogP contribution in [0.5, 0.6) is 0 Å². The average Bonchev–Trinajstić information content (AvgIpc) is 3.52. The summed E-state index contributed by atoms with van der Waals surface area (Å²) in [4.78, 5) is 0. The molecule has 1 spiro atoms. The molecule has 216 valence electrons. The van der Waals surface area contributed by atoms with Gasteiger partial charge < -0.3 is 4.74 Å². The van der Waals surface area contributed by atoms with Crippen LogP contribution in [-0.2, 0) is 4.74 Å². The van der Waals surface area contributed by atoms with Crippen LogP contribution in [0.2, 0.25) is 0 Å². The summed E-state index contributed by atoms with van der Waals surface area (Å²) in [5.41, 5.74) is -1.07. The van der Waals surface area contributed by atoms with Crippen LogP contribution in [-0.4, -0.2) is 23.5 Å². The van der Waals surface area contributed by atoms with E-state index in [1.165, 1.54) is 103 Å². The topological polar surface area (TPSA) is 12.5 Å². The zero-order valence-corrected chi connectivity index (χ0v) is 25.0. The molecule has 0 bridgehead atoms. The molecule has 1 heterocycles. The van der Waals surface area contributed by atoms with Gasteiger partial charge in [0, 0.05) is 0 Å². The second-order valence-electron chi connectivity index (χ2n) is 14.3. The second kappa shape index (κ2) is 13.0. The minimum absolute atomic E-state index is 0.215. The van der Waals surface area contributed by atoms with E-state index in [0.29, 0.717) is 24.2 Å². The minimum Gasteiger partial charge on any atom is -0.356 e. The Labute approximate surface area is 228 Å². The largest absolute Gasteiger partial charge is 0.356 e. The van der Waals surface area contributed by atoms with E-state index in [-0.39, 0.29) is 5.92 Å². The lowest BCUT2D eigenvalue weighted by Crippen LogP contribution is -2.49. The highest BCUT2D eigenvalue weighted by Gasteiger charge is 2.76. The highest BCUT2D eigenvalue weighted by atomic mass is 19.1. The summed E-state index contributed by atoms with van der Waals surface area (Å²) in [6, 6.07) is 0. The molecule has 3 atom stereocenters. The van der Waals surface area contributed by atoms with Crippen molar-refractivity contribution in [3.05, 3.63) is 0 Å². The van der Waals surface area contributed by atoms with Crippen LogP contribution in [0.1, 0.15) is 163 Å². The first-order chi connectivity index (χ1) is 17.8. The molecule has 4 rings (SSSR count). The third-order valence-electron chi connectivity index (χ3n) is 12.0. The normalized spacial score (nSPS) is 44.3. The summed E-state index contributed by atoms with van der Waals surface area (Å²) in [6.45, 7) is 8.87. The van der Waals surface area contributed by atoms with Gasteiger partial charge in [0.05, 0.1) is 0 Å². The zero-order valence-electron chi connectivity index (χ0n) is 25.0. The van der Waals surface area contributed by atoms with Gasteiger partial charge in [0.25, 0.3) is 0 Å². The molecule has 0 aromatic rings. The Morgan fingerprint density at radius 1 is 0.595 bits per heavy atom. The molecule has 1 aliphatic heterocycles. The highest BCUT2D eigenvalue weighted by molar-refractivity contribution is 5.23. The Kier molecular flexibility index (Phi) is 10.5. The zero-order chi connectivity index (χ0) is 26.5. The Bertz CT molecular complexity index is 665. The van der Waals surface area contributed by atoms with Crippen molar-refractivity contribution in [3.63, 3.8) is 0 Å². The van der Waals surface area contributed by atoms with Gasteiger partial charge in [-0.15, -0.1) is 0 Å². The Balaban J connectivity index is 1.22. The van der Waals surface area contributed by atoms with Gasteiger partial charge in [-0.2, -0.15) is 0 Å². The van der Waals surface area contributed by atoms with Crippen molar-refractivity contribution in [1.82, 2.24) is 0 Å². The van der Waals surface area contributed by atoms with E-state index < -0.39 is 23.5 Å². The maximum atomic E-state index is 15.6. The molecule has 4 fully saturated rings. The van der Waals surface area contributed by atoms with Crippen molar-refractivity contribution in [2.45, 2.75) is 186 Å². The van der Waals surface area contributed by atoms with Gasteiger partial charge in [-0.25, -0.2) is 8.78 Å². The van der Waals surface area contributed by atoms with Crippen molar-refractivity contribution in [2.75, 3.05) is 0 Å². The summed E-state index contributed by atoms with van der Waals surface area (Å²) >= 11 is 0. The summed E-state index contributed by atoms with van der Waals surface area (Å²) in [5.74, 6) is 2.51. The SMILES string of the molecule is CCCCCCC1(C)OC12C(F)CC(C1CCC(C3CCC(CCC)(CCCCC)CC3)CC1)CC2F. The predicted molar refractivity (Wildman–Crippen MR) is 152 cm³/mol. The molecule has 3 heteroatoms. The maximum absolute atomic E-state index is 15.6. The van der Waals surface area contributed by atoms with Crippen LogP contribution in [0.15, 0.2) is 0 Å². The number of ether oxygens (including phenoxy) is 1. The van der Waals surface area contributed by atoms with Crippen LogP contribution in [0.3, 0.4) is 0 Å². The summed E-state index contributed by atoms with van der Waals surface area (Å²) in [5, 5.41) is 0. The van der Waals surface area contributed by atoms with Gasteiger partial charge in [0.1, 0.15) is 17.9 Å². The summed E-state index contributed by atoms with van der Waals surface area (Å²) in [7, 11) is 0. The molecular formula is C34H60F2O. The average molecular weight is 523 g/mol. The van der Waals surface area contributed by atoms with Gasteiger partial charge in [0.15, 0.2) is 5.60 Å². The van der Waals surface area contributed by atoms with Gasteiger partial charge in [0.2, 0.25) is 0 Å². The number of halogens is 2. The molecule has 3 unspecified atom stereocenters. The Morgan fingerprint density at radius 3 is 1.68 bits per heavy atom. The lowest BCUT2D eigenvalue weighted by atomic mass is 9.60. The van der Waals surface area contributed by atoms with Crippen molar-refractivity contribution in [1.29, 1.82) is 0 Å². The van der Waals surface area contributed by atoms with Gasteiger partial charge in [-0.1, -0.05) is 72.1 Å². The van der Waals surface area contributed by atoms with Crippen molar-refractivity contribution in [2.24, 2.45) is 29.1 Å². The standard InChI is InChI=1S/C34H60F2O/c1-5-8-10-12-20-32(4)34(37-32)30(35)24-29(25-31(34)36)27-15-13-26(14-16-27)28-17-22-33(19-7-3,23-18-28)21-11-9-6-2/h26-31H,5-25H2,1-4H3. The summed E-state index contributed by atoms with van der Waals surface area (Å²) in [6.07, 6.45) is 23.3. The first-order valence-electron chi connectivity index (χ1n) is 16.8.